The Kier molecular flexibility index (Phi) is 9.52. The quantitative estimate of drug-likeness (QED) is 0.468. The van der Waals surface area contributed by atoms with Gasteiger partial charge in [0.1, 0.15) is 0 Å². The Balaban J connectivity index is 3.36. The van der Waals surface area contributed by atoms with Crippen LogP contribution in [0.15, 0.2) is 0 Å². The van der Waals surface area contributed by atoms with Crippen molar-refractivity contribution in [2.24, 2.45) is 0 Å². The number of hydrogen-bond acceptors (Lipinski definition) is 4. The molecule has 0 aliphatic rings. The number of carbonyl (C=O) groups is 1. The van der Waals surface area contributed by atoms with Crippen LogP contribution in [0.5, 0.6) is 0 Å². The predicted octanol–water partition coefficient (Wildman–Crippen LogP) is 1.34. The van der Waals surface area contributed by atoms with Crippen molar-refractivity contribution in [3.8, 4) is 0 Å². The summed E-state index contributed by atoms with van der Waals surface area (Å²) >= 11 is 0. The maximum atomic E-state index is 11.2. The fourth-order valence-corrected chi connectivity index (χ4v) is 0.992. The zero-order chi connectivity index (χ0) is 11.5. The van der Waals surface area contributed by atoms with Gasteiger partial charge in [0.2, 0.25) is 0 Å². The highest BCUT2D eigenvalue weighted by molar-refractivity contribution is 5.71. The standard InChI is InChI=1S/C11H23NO3/c1-4-6-7-15-11(13)8-12-10(3)9-14-5-2/h10,12H,4-9H2,1-3H3. The Morgan fingerprint density at radius 2 is 2.13 bits per heavy atom. The Morgan fingerprint density at radius 1 is 1.40 bits per heavy atom. The summed E-state index contributed by atoms with van der Waals surface area (Å²) in [5.41, 5.74) is 0. The van der Waals surface area contributed by atoms with Crippen molar-refractivity contribution in [1.29, 1.82) is 0 Å². The molecule has 4 nitrogen and oxygen atoms in total. The molecular formula is C11H23NO3. The maximum Gasteiger partial charge on any atom is 0.319 e. The predicted molar refractivity (Wildman–Crippen MR) is 59.8 cm³/mol. The number of ether oxygens (including phenoxy) is 2. The molecule has 0 bridgehead atoms. The van der Waals surface area contributed by atoms with Gasteiger partial charge in [-0.15, -0.1) is 0 Å². The lowest BCUT2D eigenvalue weighted by atomic mass is 10.3. The van der Waals surface area contributed by atoms with Crippen molar-refractivity contribution < 1.29 is 14.3 Å². The third kappa shape index (κ3) is 9.69. The van der Waals surface area contributed by atoms with Gasteiger partial charge in [-0.05, 0) is 20.3 Å². The van der Waals surface area contributed by atoms with Crippen LogP contribution in [-0.4, -0.2) is 38.4 Å². The number of carbonyl (C=O) groups excluding carboxylic acids is 1. The van der Waals surface area contributed by atoms with Crippen LogP contribution in [0.1, 0.15) is 33.6 Å². The van der Waals surface area contributed by atoms with E-state index in [1.54, 1.807) is 0 Å². The summed E-state index contributed by atoms with van der Waals surface area (Å²) in [6.45, 7) is 8.11. The van der Waals surface area contributed by atoms with Crippen molar-refractivity contribution in [1.82, 2.24) is 5.32 Å². The van der Waals surface area contributed by atoms with Crippen molar-refractivity contribution in [3.63, 3.8) is 0 Å². The summed E-state index contributed by atoms with van der Waals surface area (Å²) in [6.07, 6.45) is 1.97. The molecule has 0 aliphatic heterocycles. The van der Waals surface area contributed by atoms with Crippen LogP contribution in [0, 0.1) is 0 Å². The number of rotatable bonds is 9. The molecule has 4 heteroatoms. The molecular weight excluding hydrogens is 194 g/mol. The van der Waals surface area contributed by atoms with Crippen LogP contribution in [0.25, 0.3) is 0 Å². The topological polar surface area (TPSA) is 47.6 Å². The van der Waals surface area contributed by atoms with Gasteiger partial charge in [0, 0.05) is 12.6 Å². The summed E-state index contributed by atoms with van der Waals surface area (Å²) in [5, 5.41) is 3.04. The minimum absolute atomic E-state index is 0.184. The second-order valence-electron chi connectivity index (χ2n) is 3.52. The molecule has 0 radical (unpaired) electrons. The highest BCUT2D eigenvalue weighted by Gasteiger charge is 2.05. The Bertz CT molecular complexity index is 162. The monoisotopic (exact) mass is 217 g/mol. The second-order valence-corrected chi connectivity index (χ2v) is 3.52. The van der Waals surface area contributed by atoms with Crippen LogP contribution in [0.3, 0.4) is 0 Å². The van der Waals surface area contributed by atoms with Crippen LogP contribution in [0.4, 0.5) is 0 Å². The summed E-state index contributed by atoms with van der Waals surface area (Å²) in [4.78, 5) is 11.2. The summed E-state index contributed by atoms with van der Waals surface area (Å²) < 4.78 is 10.2. The van der Waals surface area contributed by atoms with Gasteiger partial charge in [0.15, 0.2) is 0 Å². The number of hydrogen-bond donors (Lipinski definition) is 1. The van der Waals surface area contributed by atoms with Gasteiger partial charge >= 0.3 is 5.97 Å². The third-order valence-corrected chi connectivity index (χ3v) is 1.93. The first-order valence-corrected chi connectivity index (χ1v) is 5.67. The lowest BCUT2D eigenvalue weighted by Gasteiger charge is -2.12. The minimum atomic E-state index is -0.188. The molecule has 0 heterocycles. The lowest BCUT2D eigenvalue weighted by molar-refractivity contribution is -0.142. The normalized spacial score (nSPS) is 12.5. The highest BCUT2D eigenvalue weighted by atomic mass is 16.5. The van der Waals surface area contributed by atoms with Gasteiger partial charge in [-0.1, -0.05) is 13.3 Å². The number of esters is 1. The molecule has 0 amide bonds. The van der Waals surface area contributed by atoms with E-state index in [1.165, 1.54) is 0 Å². The molecule has 0 aromatic carbocycles. The third-order valence-electron chi connectivity index (χ3n) is 1.93. The van der Waals surface area contributed by atoms with Gasteiger partial charge in [0.25, 0.3) is 0 Å². The highest BCUT2D eigenvalue weighted by Crippen LogP contribution is 1.89. The Morgan fingerprint density at radius 3 is 2.73 bits per heavy atom. The molecule has 0 aromatic rings. The van der Waals surface area contributed by atoms with Gasteiger partial charge in [0.05, 0.1) is 19.8 Å². The smallest absolute Gasteiger partial charge is 0.319 e. The zero-order valence-electron chi connectivity index (χ0n) is 10.0. The fourth-order valence-electron chi connectivity index (χ4n) is 0.992. The summed E-state index contributed by atoms with van der Waals surface area (Å²) in [5.74, 6) is -0.188. The average molecular weight is 217 g/mol. The van der Waals surface area contributed by atoms with Crippen LogP contribution < -0.4 is 5.32 Å². The molecule has 1 unspecified atom stereocenters. The molecule has 90 valence electrons. The molecule has 0 aromatic heterocycles. The molecule has 1 N–H and O–H groups in total. The molecule has 0 rings (SSSR count). The van der Waals surface area contributed by atoms with Crippen LogP contribution in [-0.2, 0) is 14.3 Å². The van der Waals surface area contributed by atoms with Gasteiger partial charge in [-0.3, -0.25) is 4.79 Å². The zero-order valence-corrected chi connectivity index (χ0v) is 10.0. The average Bonchev–Trinajstić information content (AvgIpc) is 2.24. The van der Waals surface area contributed by atoms with E-state index in [0.29, 0.717) is 19.8 Å². The molecule has 15 heavy (non-hydrogen) atoms. The molecule has 0 spiro atoms. The van der Waals surface area contributed by atoms with E-state index in [2.05, 4.69) is 12.2 Å². The molecule has 0 saturated heterocycles. The SMILES string of the molecule is CCCCOC(=O)CNC(C)COCC. The van der Waals surface area contributed by atoms with E-state index >= 15 is 0 Å². The maximum absolute atomic E-state index is 11.2. The molecule has 0 aliphatic carbocycles. The number of unbranched alkanes of at least 4 members (excludes halogenated alkanes) is 1. The van der Waals surface area contributed by atoms with E-state index < -0.39 is 0 Å². The van der Waals surface area contributed by atoms with Gasteiger partial charge < -0.3 is 14.8 Å². The van der Waals surface area contributed by atoms with Crippen molar-refractivity contribution in [2.75, 3.05) is 26.4 Å². The fraction of sp³-hybridized carbons (Fsp3) is 0.909. The Hall–Kier alpha value is -0.610. The van der Waals surface area contributed by atoms with Gasteiger partial charge in [-0.2, -0.15) is 0 Å². The Labute approximate surface area is 92.3 Å². The molecule has 0 fully saturated rings. The van der Waals surface area contributed by atoms with E-state index in [-0.39, 0.29) is 18.6 Å². The largest absolute Gasteiger partial charge is 0.465 e. The first-order valence-electron chi connectivity index (χ1n) is 5.67. The van der Waals surface area contributed by atoms with Crippen molar-refractivity contribution in [2.45, 2.75) is 39.7 Å². The van der Waals surface area contributed by atoms with E-state index in [0.717, 1.165) is 12.8 Å². The second kappa shape index (κ2) is 9.93. The van der Waals surface area contributed by atoms with Crippen molar-refractivity contribution in [3.05, 3.63) is 0 Å². The van der Waals surface area contributed by atoms with Gasteiger partial charge in [-0.25, -0.2) is 0 Å². The van der Waals surface area contributed by atoms with E-state index in [4.69, 9.17) is 9.47 Å². The van der Waals surface area contributed by atoms with Crippen LogP contribution >= 0.6 is 0 Å². The van der Waals surface area contributed by atoms with Crippen molar-refractivity contribution >= 4 is 5.97 Å². The minimum Gasteiger partial charge on any atom is -0.465 e. The lowest BCUT2D eigenvalue weighted by Crippen LogP contribution is -2.35. The molecule has 0 saturated carbocycles. The molecule has 1 atom stereocenters. The van der Waals surface area contributed by atoms with E-state index in [1.807, 2.05) is 13.8 Å². The first kappa shape index (κ1) is 14.4. The van der Waals surface area contributed by atoms with E-state index in [9.17, 15) is 4.79 Å². The summed E-state index contributed by atoms with van der Waals surface area (Å²) in [7, 11) is 0. The first-order chi connectivity index (χ1) is 7.20. The number of nitrogens with one attached hydrogen (secondary N) is 1. The van der Waals surface area contributed by atoms with Crippen LogP contribution in [0.2, 0.25) is 0 Å². The summed E-state index contributed by atoms with van der Waals surface area (Å²) in [6, 6.07) is 0.184.